The molecule has 0 fully saturated rings. The number of nitrogens with zero attached hydrogens (tertiary/aromatic N) is 2. The molecule has 1 heterocycles. The smallest absolute Gasteiger partial charge is 0.377 e. The van der Waals surface area contributed by atoms with E-state index in [2.05, 4.69) is 4.98 Å². The Morgan fingerprint density at radius 3 is 2.62 bits per heavy atom. The van der Waals surface area contributed by atoms with Gasteiger partial charge in [0.15, 0.2) is 0 Å². The van der Waals surface area contributed by atoms with Crippen molar-refractivity contribution < 1.29 is 15.3 Å². The van der Waals surface area contributed by atoms with Crippen molar-refractivity contribution in [3.63, 3.8) is 0 Å². The Bertz CT molecular complexity index is 600. The maximum absolute atomic E-state index is 11.7. The molecule has 0 aliphatic rings. The lowest BCUT2D eigenvalue weighted by Gasteiger charge is -2.16. The van der Waals surface area contributed by atoms with Gasteiger partial charge in [0.1, 0.15) is 6.33 Å². The Morgan fingerprint density at radius 2 is 2.00 bits per heavy atom. The van der Waals surface area contributed by atoms with Crippen molar-refractivity contribution in [1.82, 2.24) is 9.55 Å². The van der Waals surface area contributed by atoms with E-state index in [0.29, 0.717) is 11.2 Å². The van der Waals surface area contributed by atoms with Crippen molar-refractivity contribution >= 4 is 16.6 Å². The minimum absolute atomic E-state index is 0.0871. The second-order valence-electron chi connectivity index (χ2n) is 3.30. The first-order chi connectivity index (χ1) is 7.39. The molecular weight excluding hydrogens is 214 g/mol. The van der Waals surface area contributed by atoms with E-state index >= 15 is 0 Å². The van der Waals surface area contributed by atoms with Crippen LogP contribution < -0.4 is 11.3 Å². The fourth-order valence-electron chi connectivity index (χ4n) is 1.35. The van der Waals surface area contributed by atoms with Crippen LogP contribution in [0.2, 0.25) is 0 Å². The molecule has 0 atom stereocenters. The number of hydrogen-bond donors (Lipinski definition) is 4. The van der Waals surface area contributed by atoms with Crippen LogP contribution in [-0.4, -0.2) is 24.9 Å². The van der Waals surface area contributed by atoms with Gasteiger partial charge in [-0.3, -0.25) is 4.79 Å². The second-order valence-corrected chi connectivity index (χ2v) is 3.30. The van der Waals surface area contributed by atoms with Crippen LogP contribution in [0, 0.1) is 0 Å². The third-order valence-electron chi connectivity index (χ3n) is 2.11. The van der Waals surface area contributed by atoms with Crippen LogP contribution in [0.5, 0.6) is 0 Å². The van der Waals surface area contributed by atoms with Crippen LogP contribution in [-0.2, 0) is 6.10 Å². The van der Waals surface area contributed by atoms with E-state index in [1.807, 2.05) is 0 Å². The van der Waals surface area contributed by atoms with E-state index in [-0.39, 0.29) is 9.95 Å². The number of aliphatic hydroxyl groups is 3. The van der Waals surface area contributed by atoms with Gasteiger partial charge in [0.2, 0.25) is 0 Å². The lowest BCUT2D eigenvalue weighted by Crippen LogP contribution is -2.40. The summed E-state index contributed by atoms with van der Waals surface area (Å²) >= 11 is 0. The van der Waals surface area contributed by atoms with Crippen molar-refractivity contribution in [3.8, 4) is 0 Å². The van der Waals surface area contributed by atoms with Crippen molar-refractivity contribution in [1.29, 1.82) is 0 Å². The monoisotopic (exact) mass is 223 g/mol. The highest BCUT2D eigenvalue weighted by atomic mass is 16.7. The standard InChI is InChI=1S/C9H9N3O4/c10-5-1-2-7-6(3-5)8(13)12(4-11-7)9(14,15)16/h1-4,14-16H,10H2. The van der Waals surface area contributed by atoms with E-state index in [9.17, 15) is 4.79 Å². The third kappa shape index (κ3) is 1.63. The lowest BCUT2D eigenvalue weighted by molar-refractivity contribution is -0.377. The van der Waals surface area contributed by atoms with Gasteiger partial charge in [-0.25, -0.2) is 9.55 Å². The molecule has 7 nitrogen and oxygen atoms in total. The lowest BCUT2D eigenvalue weighted by atomic mass is 10.2. The molecule has 0 aliphatic carbocycles. The molecule has 1 aromatic carbocycles. The third-order valence-corrected chi connectivity index (χ3v) is 2.11. The second kappa shape index (κ2) is 3.27. The average molecular weight is 223 g/mol. The Morgan fingerprint density at radius 1 is 1.31 bits per heavy atom. The molecule has 2 aromatic rings. The fraction of sp³-hybridized carbons (Fsp3) is 0.111. The predicted molar refractivity (Wildman–Crippen MR) is 55.0 cm³/mol. The van der Waals surface area contributed by atoms with Crippen LogP contribution in [0.3, 0.4) is 0 Å². The molecule has 0 saturated heterocycles. The summed E-state index contributed by atoms with van der Waals surface area (Å²) in [5, 5.41) is 26.8. The topological polar surface area (TPSA) is 122 Å². The van der Waals surface area contributed by atoms with E-state index in [4.69, 9.17) is 21.1 Å². The highest BCUT2D eigenvalue weighted by molar-refractivity contribution is 5.80. The number of aromatic nitrogens is 2. The zero-order chi connectivity index (χ0) is 11.9. The number of benzene rings is 1. The maximum atomic E-state index is 11.7. The van der Waals surface area contributed by atoms with Gasteiger partial charge in [0.05, 0.1) is 10.9 Å². The number of anilines is 1. The van der Waals surface area contributed by atoms with Gasteiger partial charge in [0, 0.05) is 5.69 Å². The molecule has 16 heavy (non-hydrogen) atoms. The van der Waals surface area contributed by atoms with Gasteiger partial charge in [-0.1, -0.05) is 0 Å². The number of nitrogen functional groups attached to an aromatic ring is 1. The van der Waals surface area contributed by atoms with Gasteiger partial charge < -0.3 is 21.1 Å². The Labute approximate surface area is 89.0 Å². The summed E-state index contributed by atoms with van der Waals surface area (Å²) in [6.45, 7) is 0. The molecule has 0 aliphatic heterocycles. The summed E-state index contributed by atoms with van der Waals surface area (Å²) in [6, 6.07) is 4.42. The first kappa shape index (κ1) is 10.6. The van der Waals surface area contributed by atoms with E-state index < -0.39 is 11.7 Å². The number of rotatable bonds is 1. The molecule has 0 spiro atoms. The van der Waals surface area contributed by atoms with Crippen LogP contribution in [0.25, 0.3) is 10.9 Å². The average Bonchev–Trinajstić information content (AvgIpc) is 2.17. The van der Waals surface area contributed by atoms with Crippen LogP contribution >= 0.6 is 0 Å². The number of nitrogens with two attached hydrogens (primary N) is 1. The molecule has 1 aromatic heterocycles. The Hall–Kier alpha value is -1.96. The van der Waals surface area contributed by atoms with Gasteiger partial charge in [-0.05, 0) is 18.2 Å². The summed E-state index contributed by atoms with van der Waals surface area (Å²) in [4.78, 5) is 15.5. The molecule has 2 rings (SSSR count). The summed E-state index contributed by atoms with van der Waals surface area (Å²) < 4.78 is 0.286. The number of hydrogen-bond acceptors (Lipinski definition) is 6. The minimum Gasteiger partial charge on any atom is -0.399 e. The van der Waals surface area contributed by atoms with Gasteiger partial charge in [-0.2, -0.15) is 0 Å². The molecule has 0 bridgehead atoms. The molecule has 0 amide bonds. The normalized spacial score (nSPS) is 11.9. The summed E-state index contributed by atoms with van der Waals surface area (Å²) in [5.74, 6) is 0. The van der Waals surface area contributed by atoms with E-state index in [1.54, 1.807) is 6.07 Å². The van der Waals surface area contributed by atoms with Crippen LogP contribution in [0.1, 0.15) is 0 Å². The quantitative estimate of drug-likeness (QED) is 0.345. The van der Waals surface area contributed by atoms with Crippen LogP contribution in [0.4, 0.5) is 5.69 Å². The highest BCUT2D eigenvalue weighted by Gasteiger charge is 2.23. The highest BCUT2D eigenvalue weighted by Crippen LogP contribution is 2.12. The van der Waals surface area contributed by atoms with Gasteiger partial charge >= 0.3 is 6.10 Å². The van der Waals surface area contributed by atoms with Gasteiger partial charge in [0.25, 0.3) is 5.56 Å². The SMILES string of the molecule is Nc1ccc2ncn(C(O)(O)O)c(=O)c2c1. The molecular formula is C9H9N3O4. The van der Waals surface area contributed by atoms with Gasteiger partial charge in [-0.15, -0.1) is 0 Å². The maximum Gasteiger partial charge on any atom is 0.377 e. The molecule has 0 saturated carbocycles. The van der Waals surface area contributed by atoms with Crippen molar-refractivity contribution in [2.24, 2.45) is 0 Å². The zero-order valence-electron chi connectivity index (χ0n) is 8.03. The molecule has 84 valence electrons. The predicted octanol–water partition coefficient (Wildman–Crippen LogP) is -1.48. The minimum atomic E-state index is -3.27. The first-order valence-corrected chi connectivity index (χ1v) is 4.34. The van der Waals surface area contributed by atoms with Crippen molar-refractivity contribution in [2.75, 3.05) is 5.73 Å². The summed E-state index contributed by atoms with van der Waals surface area (Å²) in [6.07, 6.45) is -2.44. The largest absolute Gasteiger partial charge is 0.399 e. The summed E-state index contributed by atoms with van der Waals surface area (Å²) in [7, 11) is 0. The Kier molecular flexibility index (Phi) is 2.16. The van der Waals surface area contributed by atoms with Crippen molar-refractivity contribution in [2.45, 2.75) is 6.10 Å². The van der Waals surface area contributed by atoms with Crippen LogP contribution in [0.15, 0.2) is 29.3 Å². The number of fused-ring (bicyclic) bond motifs is 1. The molecule has 0 radical (unpaired) electrons. The van der Waals surface area contributed by atoms with E-state index in [0.717, 1.165) is 6.33 Å². The van der Waals surface area contributed by atoms with E-state index in [1.165, 1.54) is 12.1 Å². The van der Waals surface area contributed by atoms with Crippen molar-refractivity contribution in [3.05, 3.63) is 34.9 Å². The molecule has 7 heteroatoms. The Balaban J connectivity index is 2.84. The zero-order valence-corrected chi connectivity index (χ0v) is 8.03. The first-order valence-electron chi connectivity index (χ1n) is 4.34. The molecule has 0 unspecified atom stereocenters. The fourth-order valence-corrected chi connectivity index (χ4v) is 1.35. The summed E-state index contributed by atoms with van der Waals surface area (Å²) in [5.41, 5.74) is 5.37. The molecule has 5 N–H and O–H groups in total.